The maximum Gasteiger partial charge on any atom is 0.102 e. The van der Waals surface area contributed by atoms with E-state index in [1.54, 1.807) is 0 Å². The van der Waals surface area contributed by atoms with Gasteiger partial charge >= 0.3 is 0 Å². The van der Waals surface area contributed by atoms with Gasteiger partial charge in [-0.2, -0.15) is 0 Å². The van der Waals surface area contributed by atoms with E-state index < -0.39 is 0 Å². The van der Waals surface area contributed by atoms with E-state index in [0.717, 1.165) is 43.6 Å². The molecule has 2 heteroatoms. The zero-order valence-electron chi connectivity index (χ0n) is 7.88. The van der Waals surface area contributed by atoms with Gasteiger partial charge in [-0.3, -0.25) is 0 Å². The van der Waals surface area contributed by atoms with E-state index in [4.69, 9.17) is 11.2 Å². The van der Waals surface area contributed by atoms with Crippen molar-refractivity contribution < 1.29 is 9.22 Å². The van der Waals surface area contributed by atoms with E-state index in [-0.39, 0.29) is 0 Å². The highest BCUT2D eigenvalue weighted by Gasteiger charge is 2.23. The summed E-state index contributed by atoms with van der Waals surface area (Å²) in [6.07, 6.45) is 7.26. The molecule has 0 aliphatic carbocycles. The number of morpholine rings is 1. The van der Waals surface area contributed by atoms with Gasteiger partial charge in [-0.25, -0.2) is 0 Å². The lowest BCUT2D eigenvalue weighted by Crippen LogP contribution is -2.52. The molecule has 0 aromatic rings. The molecule has 1 heterocycles. The number of terminal acetylenes is 1. The number of hydrogen-bond acceptors (Lipinski definition) is 1. The van der Waals surface area contributed by atoms with Gasteiger partial charge in [0.2, 0.25) is 0 Å². The maximum atomic E-state index is 5.32. The van der Waals surface area contributed by atoms with Crippen LogP contribution in [0.2, 0.25) is 0 Å². The summed E-state index contributed by atoms with van der Waals surface area (Å²) in [6, 6.07) is 0. The predicted octanol–water partition coefficient (Wildman–Crippen LogP) is 0.877. The summed E-state index contributed by atoms with van der Waals surface area (Å²) in [5.41, 5.74) is 0. The van der Waals surface area contributed by atoms with E-state index in [1.165, 1.54) is 6.54 Å². The van der Waals surface area contributed by atoms with Crippen molar-refractivity contribution in [3.8, 4) is 12.3 Å². The molecular formula is C10H18NO+. The van der Waals surface area contributed by atoms with Crippen LogP contribution in [0, 0.1) is 12.3 Å². The lowest BCUT2D eigenvalue weighted by Gasteiger charge is -2.37. The molecule has 68 valence electrons. The van der Waals surface area contributed by atoms with Gasteiger partial charge in [0.15, 0.2) is 0 Å². The molecule has 0 atom stereocenters. The van der Waals surface area contributed by atoms with E-state index in [9.17, 15) is 0 Å². The molecule has 1 rings (SSSR count). The molecule has 0 amide bonds. The predicted molar refractivity (Wildman–Crippen MR) is 49.7 cm³/mol. The molecule has 0 radical (unpaired) electrons. The van der Waals surface area contributed by atoms with Gasteiger partial charge in [-0.15, -0.1) is 12.3 Å². The van der Waals surface area contributed by atoms with Crippen LogP contribution in [-0.2, 0) is 4.74 Å². The minimum Gasteiger partial charge on any atom is -0.370 e. The fourth-order valence-corrected chi connectivity index (χ4v) is 1.57. The summed E-state index contributed by atoms with van der Waals surface area (Å²) < 4.78 is 6.46. The first kappa shape index (κ1) is 9.57. The monoisotopic (exact) mass is 168 g/mol. The Hall–Kier alpha value is -0.520. The largest absolute Gasteiger partial charge is 0.370 e. The van der Waals surface area contributed by atoms with Crippen LogP contribution in [0.4, 0.5) is 0 Å². The molecule has 12 heavy (non-hydrogen) atoms. The topological polar surface area (TPSA) is 9.23 Å². The van der Waals surface area contributed by atoms with Crippen molar-refractivity contribution in [3.05, 3.63) is 0 Å². The maximum absolute atomic E-state index is 5.32. The molecule has 1 aliphatic rings. The average Bonchev–Trinajstić information content (AvgIpc) is 2.06. The quantitative estimate of drug-likeness (QED) is 0.345. The first-order chi connectivity index (χ1) is 5.77. The van der Waals surface area contributed by atoms with Gasteiger partial charge in [-0.05, 0) is 0 Å². The third-order valence-corrected chi connectivity index (χ3v) is 2.57. The molecule has 0 bridgehead atoms. The number of quaternary nitrogens is 1. The summed E-state index contributed by atoms with van der Waals surface area (Å²) >= 11 is 0. The number of likely N-dealkylation sites (N-methyl/N-ethyl adjacent to an activating group) is 1. The summed E-state index contributed by atoms with van der Waals surface area (Å²) in [5, 5.41) is 0. The second-order valence-electron chi connectivity index (χ2n) is 3.71. The second kappa shape index (κ2) is 4.49. The summed E-state index contributed by atoms with van der Waals surface area (Å²) in [6.45, 7) is 5.31. The molecule has 0 spiro atoms. The SMILES string of the molecule is C#CCCC[N+]1(C)CCOCC1. The average molecular weight is 168 g/mol. The van der Waals surface area contributed by atoms with Crippen LogP contribution in [0.1, 0.15) is 12.8 Å². The standard InChI is InChI=1S/C10H18NO/c1-3-4-5-6-11(2)7-9-12-10-8-11/h1H,4-10H2,2H3/q+1. The van der Waals surface area contributed by atoms with Gasteiger partial charge in [0.05, 0.1) is 26.8 Å². The zero-order valence-corrected chi connectivity index (χ0v) is 7.88. The van der Waals surface area contributed by atoms with Crippen molar-refractivity contribution in [2.45, 2.75) is 12.8 Å². The molecule has 0 aromatic heterocycles. The van der Waals surface area contributed by atoms with Crippen LogP contribution in [0.5, 0.6) is 0 Å². The van der Waals surface area contributed by atoms with E-state index in [1.807, 2.05) is 0 Å². The summed E-state index contributed by atoms with van der Waals surface area (Å²) in [7, 11) is 2.29. The van der Waals surface area contributed by atoms with Crippen LogP contribution < -0.4 is 0 Å². The minimum atomic E-state index is 0.909. The lowest BCUT2D eigenvalue weighted by atomic mass is 10.2. The first-order valence-electron chi connectivity index (χ1n) is 4.62. The van der Waals surface area contributed by atoms with Crippen LogP contribution in [0.15, 0.2) is 0 Å². The van der Waals surface area contributed by atoms with Crippen LogP contribution in [0.25, 0.3) is 0 Å². The van der Waals surface area contributed by atoms with E-state index in [2.05, 4.69) is 13.0 Å². The smallest absolute Gasteiger partial charge is 0.102 e. The van der Waals surface area contributed by atoms with Crippen molar-refractivity contribution in [3.63, 3.8) is 0 Å². The van der Waals surface area contributed by atoms with Crippen LogP contribution >= 0.6 is 0 Å². The number of rotatable bonds is 3. The number of unbranched alkanes of at least 4 members (excludes halogenated alkanes) is 1. The third kappa shape index (κ3) is 2.84. The fraction of sp³-hybridized carbons (Fsp3) is 0.800. The number of nitrogens with zero attached hydrogens (tertiary/aromatic N) is 1. The van der Waals surface area contributed by atoms with Crippen molar-refractivity contribution in [2.24, 2.45) is 0 Å². The highest BCUT2D eigenvalue weighted by molar-refractivity contribution is 4.82. The van der Waals surface area contributed by atoms with Crippen molar-refractivity contribution in [1.82, 2.24) is 0 Å². The Kier molecular flexibility index (Phi) is 3.58. The molecule has 0 saturated carbocycles. The molecule has 0 aromatic carbocycles. The van der Waals surface area contributed by atoms with Crippen LogP contribution in [-0.4, -0.2) is 44.4 Å². The van der Waals surface area contributed by atoms with E-state index >= 15 is 0 Å². The zero-order chi connectivity index (χ0) is 8.86. The van der Waals surface area contributed by atoms with Gasteiger partial charge < -0.3 is 9.22 Å². The third-order valence-electron chi connectivity index (χ3n) is 2.57. The molecule has 1 aliphatic heterocycles. The minimum absolute atomic E-state index is 0.909. The van der Waals surface area contributed by atoms with Gasteiger partial charge in [0.1, 0.15) is 13.1 Å². The molecule has 1 saturated heterocycles. The molecule has 1 fully saturated rings. The second-order valence-corrected chi connectivity index (χ2v) is 3.71. The molecule has 0 unspecified atom stereocenters. The Labute approximate surface area is 75.1 Å². The van der Waals surface area contributed by atoms with Gasteiger partial charge in [0, 0.05) is 12.8 Å². The lowest BCUT2D eigenvalue weighted by molar-refractivity contribution is -0.917. The fourth-order valence-electron chi connectivity index (χ4n) is 1.57. The molecule has 0 N–H and O–H groups in total. The van der Waals surface area contributed by atoms with Crippen molar-refractivity contribution in [2.75, 3.05) is 39.9 Å². The van der Waals surface area contributed by atoms with Gasteiger partial charge in [0.25, 0.3) is 0 Å². The summed E-state index contributed by atoms with van der Waals surface area (Å²) in [4.78, 5) is 0. The van der Waals surface area contributed by atoms with Crippen LogP contribution in [0.3, 0.4) is 0 Å². The van der Waals surface area contributed by atoms with Crippen molar-refractivity contribution >= 4 is 0 Å². The van der Waals surface area contributed by atoms with Crippen molar-refractivity contribution in [1.29, 1.82) is 0 Å². The van der Waals surface area contributed by atoms with E-state index in [0.29, 0.717) is 0 Å². The molecule has 2 nitrogen and oxygen atoms in total. The normalized spacial score (nSPS) is 21.7. The Balaban J connectivity index is 2.23. The number of hydrogen-bond donors (Lipinski definition) is 0. The first-order valence-corrected chi connectivity index (χ1v) is 4.62. The Morgan fingerprint density at radius 3 is 2.67 bits per heavy atom. The highest BCUT2D eigenvalue weighted by atomic mass is 16.5. The Morgan fingerprint density at radius 2 is 2.08 bits per heavy atom. The Bertz CT molecular complexity index is 165. The highest BCUT2D eigenvalue weighted by Crippen LogP contribution is 2.09. The van der Waals surface area contributed by atoms with Gasteiger partial charge in [-0.1, -0.05) is 0 Å². The Morgan fingerprint density at radius 1 is 1.42 bits per heavy atom. The molecular weight excluding hydrogens is 150 g/mol. The number of ether oxygens (including phenoxy) is 1. The summed E-state index contributed by atoms with van der Waals surface area (Å²) in [5.74, 6) is 2.68.